The van der Waals surface area contributed by atoms with E-state index < -0.39 is 28.5 Å². The zero-order valence-corrected chi connectivity index (χ0v) is 18.5. The average molecular weight is 454 g/mol. The fourth-order valence-corrected chi connectivity index (χ4v) is 3.58. The summed E-state index contributed by atoms with van der Waals surface area (Å²) < 4.78 is 16.3. The first-order chi connectivity index (χ1) is 15.9. The highest BCUT2D eigenvalue weighted by Gasteiger charge is 2.48. The minimum absolute atomic E-state index is 0.0562. The van der Waals surface area contributed by atoms with Gasteiger partial charge in [-0.15, -0.1) is 0 Å². The number of nitrogens with zero attached hydrogens (tertiary/aromatic N) is 1. The van der Waals surface area contributed by atoms with Gasteiger partial charge in [-0.25, -0.2) is 9.59 Å². The van der Waals surface area contributed by atoms with Gasteiger partial charge in [0.1, 0.15) is 0 Å². The molecule has 0 bridgehead atoms. The lowest BCUT2D eigenvalue weighted by Gasteiger charge is -2.38. The molecule has 0 amide bonds. The Kier molecular flexibility index (Phi) is 7.78. The van der Waals surface area contributed by atoms with Gasteiger partial charge in [-0.2, -0.15) is 0 Å². The predicted molar refractivity (Wildman–Crippen MR) is 119 cm³/mol. The summed E-state index contributed by atoms with van der Waals surface area (Å²) in [4.78, 5) is 36.2. The quantitative estimate of drug-likeness (QED) is 0.347. The number of hydrogen-bond donors (Lipinski definition) is 1. The van der Waals surface area contributed by atoms with Crippen LogP contribution in [-0.4, -0.2) is 35.8 Å². The van der Waals surface area contributed by atoms with E-state index in [0.29, 0.717) is 5.56 Å². The number of carbonyl (C=O) groups is 2. The molecule has 1 aliphatic heterocycles. The Morgan fingerprint density at radius 2 is 1.76 bits per heavy atom. The molecule has 9 nitrogen and oxygen atoms in total. The number of non-ortho nitro benzene ring substituents is 1. The third-order valence-corrected chi connectivity index (χ3v) is 5.18. The van der Waals surface area contributed by atoms with Crippen molar-refractivity contribution in [1.82, 2.24) is 5.32 Å². The van der Waals surface area contributed by atoms with E-state index in [2.05, 4.69) is 5.32 Å². The van der Waals surface area contributed by atoms with Crippen LogP contribution in [0.4, 0.5) is 5.69 Å². The molecule has 0 saturated heterocycles. The predicted octanol–water partition coefficient (Wildman–Crippen LogP) is 3.59. The van der Waals surface area contributed by atoms with Crippen LogP contribution in [0.2, 0.25) is 0 Å². The zero-order chi connectivity index (χ0) is 23.8. The van der Waals surface area contributed by atoms with Crippen LogP contribution >= 0.6 is 0 Å². The summed E-state index contributed by atoms with van der Waals surface area (Å²) >= 11 is 0. The van der Waals surface area contributed by atoms with Gasteiger partial charge in [0.25, 0.3) is 11.4 Å². The van der Waals surface area contributed by atoms with E-state index in [1.165, 1.54) is 12.1 Å². The molecule has 174 valence electrons. The number of nitro groups is 1. The van der Waals surface area contributed by atoms with Crippen LogP contribution in [0.15, 0.2) is 66.4 Å². The Morgan fingerprint density at radius 3 is 2.36 bits per heavy atom. The van der Waals surface area contributed by atoms with Crippen molar-refractivity contribution in [2.24, 2.45) is 0 Å². The molecule has 2 aromatic rings. The number of nitrogens with one attached hydrogen (secondary N) is 1. The van der Waals surface area contributed by atoms with Gasteiger partial charge in [0.15, 0.2) is 0 Å². The summed E-state index contributed by atoms with van der Waals surface area (Å²) in [6, 6.07) is 15.4. The van der Waals surface area contributed by atoms with Crippen LogP contribution in [0.3, 0.4) is 0 Å². The number of allylic oxidation sites excluding steroid dienone is 1. The maximum atomic E-state index is 13.1. The first-order valence-electron chi connectivity index (χ1n) is 10.7. The molecule has 0 saturated carbocycles. The normalized spacial score (nSPS) is 19.7. The third-order valence-electron chi connectivity index (χ3n) is 5.18. The van der Waals surface area contributed by atoms with Crippen molar-refractivity contribution >= 4 is 17.6 Å². The third kappa shape index (κ3) is 5.75. The molecular weight excluding hydrogens is 428 g/mol. The summed E-state index contributed by atoms with van der Waals surface area (Å²) in [5.74, 6) is -1.96. The molecule has 2 aromatic carbocycles. The number of benzene rings is 2. The maximum Gasteiger partial charge on any atom is 0.373 e. The van der Waals surface area contributed by atoms with Gasteiger partial charge in [-0.05, 0) is 31.1 Å². The Labute approximate surface area is 191 Å². The van der Waals surface area contributed by atoms with Crippen molar-refractivity contribution in [2.75, 3.05) is 13.2 Å². The standard InChI is InChI=1S/C24H26N2O7/c1-3-31-22(27)21-14-19(18-10-12-20(13-11-18)26(29)30)15-24(33-21,23(28)32-4-2)25-16-17-8-6-5-7-9-17/h5-14,19,25H,3-4,15-16H2,1-2H3. The van der Waals surface area contributed by atoms with Gasteiger partial charge >= 0.3 is 11.9 Å². The second-order valence-corrected chi connectivity index (χ2v) is 7.40. The van der Waals surface area contributed by atoms with Gasteiger partial charge in [0, 0.05) is 31.0 Å². The van der Waals surface area contributed by atoms with Crippen LogP contribution in [0.1, 0.15) is 37.3 Å². The fraction of sp³-hybridized carbons (Fsp3) is 0.333. The summed E-state index contributed by atoms with van der Waals surface area (Å²) in [5, 5.41) is 14.2. The molecule has 0 aliphatic carbocycles. The van der Waals surface area contributed by atoms with Crippen LogP contribution in [-0.2, 0) is 30.3 Å². The second-order valence-electron chi connectivity index (χ2n) is 7.40. The Hall–Kier alpha value is -3.72. The molecule has 9 heteroatoms. The summed E-state index contributed by atoms with van der Waals surface area (Å²) in [7, 11) is 0. The topological polar surface area (TPSA) is 117 Å². The van der Waals surface area contributed by atoms with Crippen molar-refractivity contribution < 1.29 is 28.7 Å². The van der Waals surface area contributed by atoms with E-state index in [4.69, 9.17) is 14.2 Å². The SMILES string of the molecule is CCOC(=O)C1=CC(c2ccc([N+](=O)[O-])cc2)CC(NCc2ccccc2)(C(=O)OCC)O1. The zero-order valence-electron chi connectivity index (χ0n) is 18.5. The van der Waals surface area contributed by atoms with E-state index in [1.807, 2.05) is 30.3 Å². The number of esters is 2. The molecule has 1 N–H and O–H groups in total. The molecule has 0 spiro atoms. The highest BCUT2D eigenvalue weighted by atomic mass is 16.6. The first kappa shape index (κ1) is 23.9. The highest BCUT2D eigenvalue weighted by Crippen LogP contribution is 2.37. The lowest BCUT2D eigenvalue weighted by Crippen LogP contribution is -2.57. The molecule has 1 heterocycles. The molecule has 0 aromatic heterocycles. The minimum Gasteiger partial charge on any atom is -0.462 e. The molecule has 2 unspecified atom stereocenters. The van der Waals surface area contributed by atoms with Crippen molar-refractivity contribution in [3.05, 3.63) is 87.7 Å². The van der Waals surface area contributed by atoms with Crippen molar-refractivity contribution in [3.63, 3.8) is 0 Å². The summed E-state index contributed by atoms with van der Waals surface area (Å²) in [6.07, 6.45) is 1.68. The van der Waals surface area contributed by atoms with E-state index in [-0.39, 0.29) is 37.6 Å². The molecule has 1 aliphatic rings. The smallest absolute Gasteiger partial charge is 0.373 e. The summed E-state index contributed by atoms with van der Waals surface area (Å²) in [5.41, 5.74) is -0.126. The van der Waals surface area contributed by atoms with Crippen molar-refractivity contribution in [1.29, 1.82) is 0 Å². The van der Waals surface area contributed by atoms with Crippen LogP contribution in [0.25, 0.3) is 0 Å². The Balaban J connectivity index is 1.99. The number of ether oxygens (including phenoxy) is 3. The minimum atomic E-state index is -1.66. The van der Waals surface area contributed by atoms with E-state index in [0.717, 1.165) is 5.56 Å². The van der Waals surface area contributed by atoms with Gasteiger partial charge in [0.05, 0.1) is 18.1 Å². The lowest BCUT2D eigenvalue weighted by molar-refractivity contribution is -0.384. The van der Waals surface area contributed by atoms with Crippen LogP contribution in [0, 0.1) is 10.1 Å². The molecule has 2 atom stereocenters. The molecule has 0 radical (unpaired) electrons. The van der Waals surface area contributed by atoms with E-state index >= 15 is 0 Å². The van der Waals surface area contributed by atoms with Gasteiger partial charge in [-0.3, -0.25) is 15.4 Å². The molecule has 3 rings (SSSR count). The second kappa shape index (κ2) is 10.7. The Bertz CT molecular complexity index is 1020. The number of rotatable bonds is 9. The number of hydrogen-bond acceptors (Lipinski definition) is 8. The molecule has 33 heavy (non-hydrogen) atoms. The largest absolute Gasteiger partial charge is 0.462 e. The average Bonchev–Trinajstić information content (AvgIpc) is 2.83. The van der Waals surface area contributed by atoms with E-state index in [9.17, 15) is 19.7 Å². The lowest BCUT2D eigenvalue weighted by atomic mass is 9.87. The van der Waals surface area contributed by atoms with Crippen LogP contribution < -0.4 is 5.32 Å². The van der Waals surface area contributed by atoms with Crippen molar-refractivity contribution in [3.8, 4) is 0 Å². The maximum absolute atomic E-state index is 13.1. The highest BCUT2D eigenvalue weighted by molar-refractivity contribution is 5.89. The number of nitro benzene ring substituents is 1. The first-order valence-corrected chi connectivity index (χ1v) is 10.7. The Morgan fingerprint density at radius 1 is 1.09 bits per heavy atom. The van der Waals surface area contributed by atoms with E-state index in [1.54, 1.807) is 32.1 Å². The fourth-order valence-electron chi connectivity index (χ4n) is 3.58. The summed E-state index contributed by atoms with van der Waals surface area (Å²) in [6.45, 7) is 3.88. The number of carbonyl (C=O) groups excluding carboxylic acids is 2. The van der Waals surface area contributed by atoms with Gasteiger partial charge < -0.3 is 14.2 Å². The monoisotopic (exact) mass is 454 g/mol. The van der Waals surface area contributed by atoms with Crippen LogP contribution in [0.5, 0.6) is 0 Å². The molecule has 0 fully saturated rings. The molecular formula is C24H26N2O7. The van der Waals surface area contributed by atoms with Crippen molar-refractivity contribution in [2.45, 2.75) is 38.5 Å². The van der Waals surface area contributed by atoms with Gasteiger partial charge in [-0.1, -0.05) is 42.5 Å². The van der Waals surface area contributed by atoms with Gasteiger partial charge in [0.2, 0.25) is 5.76 Å².